The van der Waals surface area contributed by atoms with Crippen molar-refractivity contribution >= 4 is 15.9 Å². The quantitative estimate of drug-likeness (QED) is 0.805. The van der Waals surface area contributed by atoms with Gasteiger partial charge in [0.1, 0.15) is 0 Å². The van der Waals surface area contributed by atoms with Gasteiger partial charge in [0.15, 0.2) is 0 Å². The molecule has 1 aromatic rings. The number of amides is 1. The van der Waals surface area contributed by atoms with Crippen molar-refractivity contribution in [3.8, 4) is 0 Å². The number of benzene rings is 1. The molecule has 2 aliphatic heterocycles. The Hall–Kier alpha value is -1.44. The summed E-state index contributed by atoms with van der Waals surface area (Å²) >= 11 is 0. The van der Waals surface area contributed by atoms with Crippen molar-refractivity contribution < 1.29 is 17.9 Å². The molecule has 144 valence electrons. The molecule has 2 atom stereocenters. The highest BCUT2D eigenvalue weighted by Crippen LogP contribution is 2.25. The number of likely N-dealkylation sites (tertiary alicyclic amines) is 1. The van der Waals surface area contributed by atoms with Crippen molar-refractivity contribution in [2.24, 2.45) is 0 Å². The Morgan fingerprint density at radius 1 is 1.27 bits per heavy atom. The molecule has 6 nitrogen and oxygen atoms in total. The maximum atomic E-state index is 13.0. The molecule has 0 spiro atoms. The van der Waals surface area contributed by atoms with Crippen molar-refractivity contribution in [1.82, 2.24) is 9.21 Å². The van der Waals surface area contributed by atoms with Crippen LogP contribution < -0.4 is 0 Å². The molecule has 2 unspecified atom stereocenters. The molecule has 3 rings (SSSR count). The largest absolute Gasteiger partial charge is 0.378 e. The van der Waals surface area contributed by atoms with Crippen LogP contribution in [-0.4, -0.2) is 61.9 Å². The van der Waals surface area contributed by atoms with E-state index in [1.165, 1.54) is 10.4 Å². The summed E-state index contributed by atoms with van der Waals surface area (Å²) in [6, 6.07) is 6.51. The maximum absolute atomic E-state index is 13.0. The lowest BCUT2D eigenvalue weighted by atomic mass is 9.99. The average Bonchev–Trinajstić information content (AvgIpc) is 2.67. The van der Waals surface area contributed by atoms with Gasteiger partial charge in [0.25, 0.3) is 5.91 Å². The van der Waals surface area contributed by atoms with Gasteiger partial charge >= 0.3 is 0 Å². The van der Waals surface area contributed by atoms with Crippen LogP contribution in [0.2, 0.25) is 0 Å². The molecular formula is C19H28N2O4S. The first-order valence-electron chi connectivity index (χ1n) is 9.45. The zero-order chi connectivity index (χ0) is 18.7. The fourth-order valence-corrected chi connectivity index (χ4v) is 5.50. The van der Waals surface area contributed by atoms with Crippen molar-refractivity contribution in [2.45, 2.75) is 56.5 Å². The van der Waals surface area contributed by atoms with Gasteiger partial charge in [0.05, 0.1) is 18.1 Å². The number of carbonyl (C=O) groups is 1. The number of sulfonamides is 1. The molecule has 0 aliphatic carbocycles. The molecule has 0 radical (unpaired) electrons. The molecule has 0 N–H and O–H groups in total. The van der Waals surface area contributed by atoms with E-state index in [0.29, 0.717) is 25.3 Å². The molecule has 2 heterocycles. The minimum atomic E-state index is -3.63. The van der Waals surface area contributed by atoms with Gasteiger partial charge < -0.3 is 9.64 Å². The van der Waals surface area contributed by atoms with E-state index in [9.17, 15) is 13.2 Å². The van der Waals surface area contributed by atoms with Crippen LogP contribution in [0.3, 0.4) is 0 Å². The molecular weight excluding hydrogens is 352 g/mol. The Labute approximate surface area is 156 Å². The van der Waals surface area contributed by atoms with Gasteiger partial charge in [-0.1, -0.05) is 13.0 Å². The molecule has 0 aromatic heterocycles. The fraction of sp³-hybridized carbons (Fsp3) is 0.632. The molecule has 0 saturated carbocycles. The second-order valence-corrected chi connectivity index (χ2v) is 9.01. The third kappa shape index (κ3) is 3.80. The highest BCUT2D eigenvalue weighted by Gasteiger charge is 2.32. The summed E-state index contributed by atoms with van der Waals surface area (Å²) in [4.78, 5) is 15.1. The van der Waals surface area contributed by atoms with E-state index in [0.717, 1.165) is 32.2 Å². The lowest BCUT2D eigenvalue weighted by Gasteiger charge is -2.35. The number of ether oxygens (including phenoxy) is 1. The molecule has 1 aromatic carbocycles. The first-order chi connectivity index (χ1) is 12.4. The number of rotatable bonds is 4. The van der Waals surface area contributed by atoms with Crippen LogP contribution in [0.1, 0.15) is 49.9 Å². The van der Waals surface area contributed by atoms with Crippen LogP contribution >= 0.6 is 0 Å². The normalized spacial score (nSPS) is 25.2. The molecule has 2 saturated heterocycles. The second-order valence-electron chi connectivity index (χ2n) is 7.12. The Balaban J connectivity index is 1.86. The summed E-state index contributed by atoms with van der Waals surface area (Å²) in [5, 5.41) is 0. The lowest BCUT2D eigenvalue weighted by Crippen LogP contribution is -2.47. The number of carbonyl (C=O) groups excluding carboxylic acids is 1. The smallest absolute Gasteiger partial charge is 0.254 e. The van der Waals surface area contributed by atoms with Crippen molar-refractivity contribution in [3.63, 3.8) is 0 Å². The Kier molecular flexibility index (Phi) is 5.99. The van der Waals surface area contributed by atoms with Crippen molar-refractivity contribution in [1.29, 1.82) is 0 Å². The molecule has 2 fully saturated rings. The first kappa shape index (κ1) is 19.3. The van der Waals surface area contributed by atoms with Gasteiger partial charge in [0.2, 0.25) is 10.0 Å². The van der Waals surface area contributed by atoms with Crippen LogP contribution in [0.25, 0.3) is 0 Å². The third-order valence-corrected chi connectivity index (χ3v) is 7.36. The van der Waals surface area contributed by atoms with E-state index in [2.05, 4.69) is 6.92 Å². The average molecular weight is 381 g/mol. The zero-order valence-corrected chi connectivity index (χ0v) is 16.4. The van der Waals surface area contributed by atoms with Gasteiger partial charge in [-0.05, 0) is 50.8 Å². The van der Waals surface area contributed by atoms with Crippen molar-refractivity contribution in [3.05, 3.63) is 29.8 Å². The maximum Gasteiger partial charge on any atom is 0.254 e. The molecule has 7 heteroatoms. The predicted molar refractivity (Wildman–Crippen MR) is 99.6 cm³/mol. The third-order valence-electron chi connectivity index (χ3n) is 5.35. The first-order valence-corrected chi connectivity index (χ1v) is 10.9. The molecule has 1 amide bonds. The standard InChI is InChI=1S/C19H28N2O4S/c1-3-17-8-4-5-10-20(17)19(22)16-7-6-9-18(13-16)26(23,24)21-11-12-25-14-15(21)2/h6-7,9,13,15,17H,3-5,8,10-12,14H2,1-2H3. The van der Waals surface area contributed by atoms with Gasteiger partial charge in [-0.15, -0.1) is 0 Å². The van der Waals surface area contributed by atoms with Gasteiger partial charge in [-0.25, -0.2) is 8.42 Å². The van der Waals surface area contributed by atoms with E-state index in [-0.39, 0.29) is 22.9 Å². The summed E-state index contributed by atoms with van der Waals surface area (Å²) in [6.07, 6.45) is 4.09. The summed E-state index contributed by atoms with van der Waals surface area (Å²) in [5.74, 6) is -0.0661. The van der Waals surface area contributed by atoms with Gasteiger partial charge in [0, 0.05) is 30.7 Å². The van der Waals surface area contributed by atoms with Gasteiger partial charge in [-0.2, -0.15) is 4.31 Å². The summed E-state index contributed by atoms with van der Waals surface area (Å²) < 4.78 is 32.8. The van der Waals surface area contributed by atoms with Crippen LogP contribution in [-0.2, 0) is 14.8 Å². The summed E-state index contributed by atoms with van der Waals surface area (Å²) in [6.45, 7) is 5.81. The van der Waals surface area contributed by atoms with E-state index < -0.39 is 10.0 Å². The number of nitrogens with zero attached hydrogens (tertiary/aromatic N) is 2. The van der Waals surface area contributed by atoms with E-state index in [1.807, 2.05) is 11.8 Å². The number of piperidine rings is 1. The lowest BCUT2D eigenvalue weighted by molar-refractivity contribution is 0.0392. The Morgan fingerprint density at radius 2 is 2.08 bits per heavy atom. The second kappa shape index (κ2) is 8.06. The highest BCUT2D eigenvalue weighted by atomic mass is 32.2. The van der Waals surface area contributed by atoms with Crippen molar-refractivity contribution in [2.75, 3.05) is 26.3 Å². The van der Waals surface area contributed by atoms with Crippen LogP contribution in [0.15, 0.2) is 29.2 Å². The summed E-state index contributed by atoms with van der Waals surface area (Å²) in [5.41, 5.74) is 0.451. The SMILES string of the molecule is CCC1CCCCN1C(=O)c1cccc(S(=O)(=O)N2CCOCC2C)c1. The van der Waals surface area contributed by atoms with Crippen LogP contribution in [0, 0.1) is 0 Å². The highest BCUT2D eigenvalue weighted by molar-refractivity contribution is 7.89. The minimum absolute atomic E-state index is 0.0661. The fourth-order valence-electron chi connectivity index (χ4n) is 3.85. The monoisotopic (exact) mass is 380 g/mol. The van der Waals surface area contributed by atoms with E-state index >= 15 is 0 Å². The molecule has 2 aliphatic rings. The predicted octanol–water partition coefficient (Wildman–Crippen LogP) is 2.50. The molecule has 0 bridgehead atoms. The molecule has 26 heavy (non-hydrogen) atoms. The topological polar surface area (TPSA) is 66.9 Å². The van der Waals surface area contributed by atoms with E-state index in [4.69, 9.17) is 4.74 Å². The number of morpholine rings is 1. The zero-order valence-electron chi connectivity index (χ0n) is 15.6. The van der Waals surface area contributed by atoms with Crippen LogP contribution in [0.5, 0.6) is 0 Å². The number of hydrogen-bond donors (Lipinski definition) is 0. The summed E-state index contributed by atoms with van der Waals surface area (Å²) in [7, 11) is -3.63. The minimum Gasteiger partial charge on any atom is -0.378 e. The Bertz CT molecular complexity index is 750. The van der Waals surface area contributed by atoms with Crippen LogP contribution in [0.4, 0.5) is 0 Å². The Morgan fingerprint density at radius 3 is 2.81 bits per heavy atom. The van der Waals surface area contributed by atoms with E-state index in [1.54, 1.807) is 18.2 Å². The number of hydrogen-bond acceptors (Lipinski definition) is 4. The van der Waals surface area contributed by atoms with Gasteiger partial charge in [-0.3, -0.25) is 4.79 Å².